The van der Waals surface area contributed by atoms with Gasteiger partial charge < -0.3 is 5.32 Å². The summed E-state index contributed by atoms with van der Waals surface area (Å²) in [6.07, 6.45) is 5.28. The van der Waals surface area contributed by atoms with Crippen molar-refractivity contribution in [2.45, 2.75) is 44.4 Å². The van der Waals surface area contributed by atoms with Crippen molar-refractivity contribution in [1.29, 1.82) is 0 Å². The number of hydrogen-bond donors (Lipinski definition) is 1. The van der Waals surface area contributed by atoms with Gasteiger partial charge in [0.15, 0.2) is 0 Å². The molecule has 2 aliphatic carbocycles. The lowest BCUT2D eigenvalue weighted by Crippen LogP contribution is -2.39. The van der Waals surface area contributed by atoms with Crippen LogP contribution in [0.3, 0.4) is 0 Å². The predicted molar refractivity (Wildman–Crippen MR) is 84.7 cm³/mol. The van der Waals surface area contributed by atoms with Crippen molar-refractivity contribution >= 4 is 17.7 Å². The second kappa shape index (κ2) is 6.21. The molecule has 0 aromatic heterocycles. The van der Waals surface area contributed by atoms with Gasteiger partial charge in [0.25, 0.3) is 0 Å². The van der Waals surface area contributed by atoms with Gasteiger partial charge in [0.05, 0.1) is 5.75 Å². The summed E-state index contributed by atoms with van der Waals surface area (Å²) >= 11 is 1.72. The Morgan fingerprint density at radius 1 is 1.30 bits per heavy atom. The number of benzene rings is 1. The van der Waals surface area contributed by atoms with Crippen molar-refractivity contribution in [1.82, 2.24) is 5.32 Å². The summed E-state index contributed by atoms with van der Waals surface area (Å²) in [7, 11) is 0. The first-order chi connectivity index (χ1) is 9.72. The van der Waals surface area contributed by atoms with E-state index < -0.39 is 0 Å². The summed E-state index contributed by atoms with van der Waals surface area (Å²) < 4.78 is 0. The zero-order chi connectivity index (χ0) is 13.9. The Hall–Kier alpha value is -0.960. The smallest absolute Gasteiger partial charge is 0.230 e. The van der Waals surface area contributed by atoms with E-state index in [0.29, 0.717) is 11.8 Å². The van der Waals surface area contributed by atoms with E-state index in [-0.39, 0.29) is 5.91 Å². The molecule has 3 atom stereocenters. The van der Waals surface area contributed by atoms with Crippen LogP contribution in [0.1, 0.15) is 36.8 Å². The maximum atomic E-state index is 12.0. The Kier molecular flexibility index (Phi) is 4.35. The third-order valence-corrected chi connectivity index (χ3v) is 5.82. The largest absolute Gasteiger partial charge is 0.352 e. The molecular formula is C17H23NOS. The lowest BCUT2D eigenvalue weighted by Gasteiger charge is -2.22. The third-order valence-electron chi connectivity index (χ3n) is 4.84. The Morgan fingerprint density at radius 2 is 2.15 bits per heavy atom. The van der Waals surface area contributed by atoms with Crippen LogP contribution in [0.4, 0.5) is 0 Å². The van der Waals surface area contributed by atoms with Gasteiger partial charge in [0.1, 0.15) is 0 Å². The van der Waals surface area contributed by atoms with Crippen LogP contribution in [-0.4, -0.2) is 17.7 Å². The molecule has 0 heterocycles. The minimum Gasteiger partial charge on any atom is -0.352 e. The molecule has 0 unspecified atom stereocenters. The van der Waals surface area contributed by atoms with Gasteiger partial charge in [0, 0.05) is 11.8 Å². The molecule has 2 nitrogen and oxygen atoms in total. The Labute approximate surface area is 125 Å². The summed E-state index contributed by atoms with van der Waals surface area (Å²) in [5.41, 5.74) is 2.65. The number of aryl methyl sites for hydroxylation is 1. The maximum Gasteiger partial charge on any atom is 0.230 e. The van der Waals surface area contributed by atoms with Crippen molar-refractivity contribution in [2.24, 2.45) is 11.8 Å². The van der Waals surface area contributed by atoms with Crippen molar-refractivity contribution in [3.63, 3.8) is 0 Å². The summed E-state index contributed by atoms with van der Waals surface area (Å²) in [6, 6.07) is 8.88. The standard InChI is InChI=1S/C17H23NOS/c1-12-4-2-3-5-15(12)10-20-11-17(19)18-16-9-13-6-7-14(16)8-13/h2-5,13-14,16H,6-11H2,1H3,(H,18,19)/t13-,14+,16+/m0/s1. The number of amides is 1. The number of nitrogens with one attached hydrogen (secondary N) is 1. The van der Waals surface area contributed by atoms with Crippen molar-refractivity contribution in [3.05, 3.63) is 35.4 Å². The first kappa shape index (κ1) is 14.0. The molecule has 3 rings (SSSR count). The average Bonchev–Trinajstić information content (AvgIpc) is 3.03. The highest BCUT2D eigenvalue weighted by Crippen LogP contribution is 2.44. The molecule has 0 spiro atoms. The Bertz CT molecular complexity index is 488. The van der Waals surface area contributed by atoms with Gasteiger partial charge in [0.2, 0.25) is 5.91 Å². The van der Waals surface area contributed by atoms with Crippen LogP contribution in [0.25, 0.3) is 0 Å². The highest BCUT2D eigenvalue weighted by atomic mass is 32.2. The number of carbonyl (C=O) groups excluding carboxylic acids is 1. The molecule has 1 N–H and O–H groups in total. The van der Waals surface area contributed by atoms with E-state index in [0.717, 1.165) is 17.6 Å². The fourth-order valence-corrected chi connectivity index (χ4v) is 4.61. The molecule has 108 valence electrons. The number of carbonyl (C=O) groups is 1. The van der Waals surface area contributed by atoms with E-state index in [4.69, 9.17) is 0 Å². The highest BCUT2D eigenvalue weighted by Gasteiger charge is 2.39. The lowest BCUT2D eigenvalue weighted by molar-refractivity contribution is -0.119. The van der Waals surface area contributed by atoms with Crippen LogP contribution in [0.15, 0.2) is 24.3 Å². The first-order valence-corrected chi connectivity index (χ1v) is 8.79. The molecule has 0 radical (unpaired) electrons. The minimum atomic E-state index is 0.223. The van der Waals surface area contributed by atoms with Gasteiger partial charge >= 0.3 is 0 Å². The molecule has 2 aliphatic rings. The van der Waals surface area contributed by atoms with E-state index >= 15 is 0 Å². The fraction of sp³-hybridized carbons (Fsp3) is 0.588. The lowest BCUT2D eigenvalue weighted by atomic mass is 9.95. The number of fused-ring (bicyclic) bond motifs is 2. The van der Waals surface area contributed by atoms with Crippen LogP contribution in [0.5, 0.6) is 0 Å². The quantitative estimate of drug-likeness (QED) is 0.898. The topological polar surface area (TPSA) is 29.1 Å². The van der Waals surface area contributed by atoms with Crippen molar-refractivity contribution < 1.29 is 4.79 Å². The summed E-state index contributed by atoms with van der Waals surface area (Å²) in [5.74, 6) is 3.40. The molecule has 0 aliphatic heterocycles. The summed E-state index contributed by atoms with van der Waals surface area (Å²) in [5, 5.41) is 3.25. The van der Waals surface area contributed by atoms with Crippen molar-refractivity contribution in [3.8, 4) is 0 Å². The number of thioether (sulfide) groups is 1. The Morgan fingerprint density at radius 3 is 2.85 bits per heavy atom. The molecule has 2 fully saturated rings. The van der Waals surface area contributed by atoms with Gasteiger partial charge in [-0.05, 0) is 49.1 Å². The van der Waals surface area contributed by atoms with Crippen LogP contribution in [-0.2, 0) is 10.5 Å². The van der Waals surface area contributed by atoms with E-state index in [9.17, 15) is 4.79 Å². The van der Waals surface area contributed by atoms with E-state index in [2.05, 4.69) is 36.5 Å². The predicted octanol–water partition coefficient (Wildman–Crippen LogP) is 3.53. The second-order valence-electron chi connectivity index (χ2n) is 6.27. The summed E-state index contributed by atoms with van der Waals surface area (Å²) in [4.78, 5) is 12.0. The minimum absolute atomic E-state index is 0.223. The second-order valence-corrected chi connectivity index (χ2v) is 7.25. The first-order valence-electron chi connectivity index (χ1n) is 7.64. The zero-order valence-corrected chi connectivity index (χ0v) is 12.9. The van der Waals surface area contributed by atoms with E-state index in [1.807, 2.05) is 0 Å². The number of rotatable bonds is 5. The van der Waals surface area contributed by atoms with Crippen LogP contribution < -0.4 is 5.32 Å². The van der Waals surface area contributed by atoms with E-state index in [1.54, 1.807) is 11.8 Å². The molecule has 0 saturated heterocycles. The molecular weight excluding hydrogens is 266 g/mol. The third kappa shape index (κ3) is 3.20. The van der Waals surface area contributed by atoms with Gasteiger partial charge in [-0.15, -0.1) is 11.8 Å². The average molecular weight is 289 g/mol. The van der Waals surface area contributed by atoms with E-state index in [1.165, 1.54) is 36.8 Å². The number of hydrogen-bond acceptors (Lipinski definition) is 2. The fourth-order valence-electron chi connectivity index (χ4n) is 3.70. The summed E-state index contributed by atoms with van der Waals surface area (Å²) in [6.45, 7) is 2.13. The molecule has 3 heteroatoms. The van der Waals surface area contributed by atoms with Crippen LogP contribution in [0, 0.1) is 18.8 Å². The molecule has 1 aromatic carbocycles. The molecule has 1 amide bonds. The van der Waals surface area contributed by atoms with Gasteiger partial charge in [-0.3, -0.25) is 4.79 Å². The molecule has 2 saturated carbocycles. The van der Waals surface area contributed by atoms with Crippen molar-refractivity contribution in [2.75, 3.05) is 5.75 Å². The molecule has 20 heavy (non-hydrogen) atoms. The van der Waals surface area contributed by atoms with Gasteiger partial charge in [-0.2, -0.15) is 0 Å². The van der Waals surface area contributed by atoms with Gasteiger partial charge in [-0.1, -0.05) is 30.7 Å². The SMILES string of the molecule is Cc1ccccc1CSCC(=O)N[C@@H]1C[C@H]2CC[C@@H]1C2. The Balaban J connectivity index is 1.40. The maximum absolute atomic E-state index is 12.0. The highest BCUT2D eigenvalue weighted by molar-refractivity contribution is 7.99. The van der Waals surface area contributed by atoms with Gasteiger partial charge in [-0.25, -0.2) is 0 Å². The molecule has 2 bridgehead atoms. The van der Waals surface area contributed by atoms with Crippen LogP contribution in [0.2, 0.25) is 0 Å². The van der Waals surface area contributed by atoms with Crippen LogP contribution >= 0.6 is 11.8 Å². The zero-order valence-electron chi connectivity index (χ0n) is 12.1. The normalized spacial score (nSPS) is 27.8. The monoisotopic (exact) mass is 289 g/mol. The molecule has 1 aromatic rings.